The van der Waals surface area contributed by atoms with E-state index in [4.69, 9.17) is 0 Å². The van der Waals surface area contributed by atoms with Crippen LogP contribution in [0.4, 0.5) is 17.6 Å². The number of nitrogens with zero attached hydrogens (tertiary/aromatic N) is 1. The van der Waals surface area contributed by atoms with Crippen LogP contribution in [0, 0.1) is 5.82 Å². The summed E-state index contributed by atoms with van der Waals surface area (Å²) in [5, 5.41) is 10.2. The molecule has 158 valence electrons. The minimum atomic E-state index is -4.77. The largest absolute Gasteiger partial charge is 0.408 e. The number of nitrogens with one attached hydrogen (secondary N) is 1. The van der Waals surface area contributed by atoms with Gasteiger partial charge in [0.15, 0.2) is 0 Å². The lowest BCUT2D eigenvalue weighted by molar-refractivity contribution is -0.152. The third-order valence-corrected chi connectivity index (χ3v) is 6.10. The van der Waals surface area contributed by atoms with Crippen LogP contribution >= 0.6 is 15.9 Å². The van der Waals surface area contributed by atoms with E-state index in [1.165, 1.54) is 30.7 Å². The van der Waals surface area contributed by atoms with E-state index in [-0.39, 0.29) is 22.0 Å². The van der Waals surface area contributed by atoms with Crippen LogP contribution in [-0.4, -0.2) is 30.4 Å². The zero-order chi connectivity index (χ0) is 21.7. The molecule has 0 saturated carbocycles. The second-order valence-corrected chi connectivity index (χ2v) is 11.1. The highest BCUT2D eigenvalue weighted by molar-refractivity contribution is 9.10. The summed E-state index contributed by atoms with van der Waals surface area (Å²) in [4.78, 5) is 0. The van der Waals surface area contributed by atoms with Gasteiger partial charge >= 0.3 is 6.18 Å². The molecule has 0 aliphatic rings. The molecule has 2 N–H and O–H groups in total. The summed E-state index contributed by atoms with van der Waals surface area (Å²) < 4.78 is 70.8. The second-order valence-electron chi connectivity index (χ2n) is 8.28. The molecule has 28 heavy (non-hydrogen) atoms. The molecular weight excluding hydrogens is 464 g/mol. The van der Waals surface area contributed by atoms with Crippen molar-refractivity contribution in [2.45, 2.75) is 63.7 Å². The number of hydrogen-bond acceptors (Lipinski definition) is 2. The van der Waals surface area contributed by atoms with E-state index in [9.17, 15) is 26.9 Å². The predicted molar refractivity (Wildman–Crippen MR) is 106 cm³/mol. The molecule has 4 nitrogen and oxygen atoms in total. The van der Waals surface area contributed by atoms with Crippen LogP contribution < -0.4 is 4.72 Å². The highest BCUT2D eigenvalue weighted by Gasteiger charge is 2.44. The Morgan fingerprint density at radius 1 is 1.21 bits per heavy atom. The molecule has 0 bridgehead atoms. The number of aliphatic hydroxyl groups is 1. The molecule has 0 spiro atoms. The molecule has 1 heterocycles. The van der Waals surface area contributed by atoms with Crippen LogP contribution in [0.15, 0.2) is 22.8 Å². The van der Waals surface area contributed by atoms with Crippen LogP contribution in [0.5, 0.6) is 0 Å². The van der Waals surface area contributed by atoms with Crippen LogP contribution in [0.25, 0.3) is 10.9 Å². The molecule has 0 radical (unpaired) electrons. The predicted octanol–water partition coefficient (Wildman–Crippen LogP) is 4.97. The maximum Gasteiger partial charge on any atom is 0.408 e. The Hall–Kier alpha value is -0.970. The Labute approximate surface area is 172 Å². The van der Waals surface area contributed by atoms with E-state index < -0.39 is 39.4 Å². The first-order valence-corrected chi connectivity index (χ1v) is 10.4. The summed E-state index contributed by atoms with van der Waals surface area (Å²) in [6.07, 6.45) is -3.54. The van der Waals surface area contributed by atoms with Crippen molar-refractivity contribution in [2.24, 2.45) is 0 Å². The van der Waals surface area contributed by atoms with Gasteiger partial charge in [-0.05, 0) is 62.7 Å². The maximum absolute atomic E-state index is 14.1. The summed E-state index contributed by atoms with van der Waals surface area (Å²) in [5.74, 6) is -0.715. The van der Waals surface area contributed by atoms with Crippen molar-refractivity contribution in [3.05, 3.63) is 34.2 Å². The van der Waals surface area contributed by atoms with E-state index >= 15 is 0 Å². The second kappa shape index (κ2) is 7.70. The standard InChI is InChI=1S/C18H23BrF4N2O2S/c1-16(2,3)28(27)24-15(18(21,22)23)11-8-25(9-17(4,5)26)14-7-12(19)13(20)6-10(11)14/h6-8,15,24,26H,9H2,1-5H3/t15-,28?/m0/s1. The Kier molecular flexibility index (Phi) is 6.41. The molecule has 2 rings (SSSR count). The molecule has 1 aromatic heterocycles. The summed E-state index contributed by atoms with van der Waals surface area (Å²) in [6, 6.07) is 0.114. The molecule has 2 atom stereocenters. The third-order valence-electron chi connectivity index (χ3n) is 3.93. The normalized spacial score (nSPS) is 15.8. The van der Waals surface area contributed by atoms with Gasteiger partial charge in [-0.25, -0.2) is 13.3 Å². The summed E-state index contributed by atoms with van der Waals surface area (Å²) in [5.41, 5.74) is -1.14. The van der Waals surface area contributed by atoms with Crippen LogP contribution in [0.2, 0.25) is 0 Å². The van der Waals surface area contributed by atoms with E-state index in [0.29, 0.717) is 5.52 Å². The first-order chi connectivity index (χ1) is 12.5. The van der Waals surface area contributed by atoms with Gasteiger partial charge in [0.1, 0.15) is 11.9 Å². The van der Waals surface area contributed by atoms with E-state index in [1.54, 1.807) is 20.8 Å². The average molecular weight is 487 g/mol. The number of aromatic nitrogens is 1. The van der Waals surface area contributed by atoms with Gasteiger partial charge in [0, 0.05) is 22.7 Å². The van der Waals surface area contributed by atoms with Crippen molar-refractivity contribution >= 4 is 37.8 Å². The van der Waals surface area contributed by atoms with Gasteiger partial charge in [0.2, 0.25) is 0 Å². The van der Waals surface area contributed by atoms with Crippen molar-refractivity contribution in [3.8, 4) is 0 Å². The number of rotatable bonds is 5. The molecule has 1 unspecified atom stereocenters. The number of fused-ring (bicyclic) bond motifs is 1. The van der Waals surface area contributed by atoms with Gasteiger partial charge in [-0.15, -0.1) is 0 Å². The molecule has 0 fully saturated rings. The van der Waals surface area contributed by atoms with Crippen LogP contribution in [0.1, 0.15) is 46.2 Å². The maximum atomic E-state index is 14.1. The fourth-order valence-electron chi connectivity index (χ4n) is 2.68. The third kappa shape index (κ3) is 5.34. The Morgan fingerprint density at radius 3 is 2.25 bits per heavy atom. The number of alkyl halides is 3. The van der Waals surface area contributed by atoms with Gasteiger partial charge in [-0.3, -0.25) is 0 Å². The fourth-order valence-corrected chi connectivity index (χ4v) is 3.84. The lowest BCUT2D eigenvalue weighted by Gasteiger charge is -2.26. The molecule has 0 saturated heterocycles. The summed E-state index contributed by atoms with van der Waals surface area (Å²) in [6.45, 7) is 7.69. The van der Waals surface area contributed by atoms with Gasteiger partial charge < -0.3 is 9.67 Å². The Bertz CT molecular complexity index is 898. The topological polar surface area (TPSA) is 54.3 Å². The van der Waals surface area contributed by atoms with Crippen molar-refractivity contribution in [3.63, 3.8) is 0 Å². The first kappa shape index (κ1) is 23.3. The van der Waals surface area contributed by atoms with Gasteiger partial charge in [-0.2, -0.15) is 13.2 Å². The van der Waals surface area contributed by atoms with Crippen molar-refractivity contribution in [1.82, 2.24) is 9.29 Å². The fraction of sp³-hybridized carbons (Fsp3) is 0.556. The SMILES string of the molecule is CC(C)(O)Cn1cc([C@H](NS(=O)C(C)(C)C)C(F)(F)F)c2cc(F)c(Br)cc21. The summed E-state index contributed by atoms with van der Waals surface area (Å²) >= 11 is 3.05. The number of benzene rings is 1. The molecule has 2 aromatic rings. The minimum Gasteiger partial charge on any atom is -0.389 e. The lowest BCUT2D eigenvalue weighted by atomic mass is 10.1. The molecule has 0 aliphatic carbocycles. The first-order valence-electron chi connectivity index (χ1n) is 8.45. The van der Waals surface area contributed by atoms with Gasteiger partial charge in [-0.1, -0.05) is 0 Å². The highest BCUT2D eigenvalue weighted by Crippen LogP contribution is 2.39. The smallest absolute Gasteiger partial charge is 0.389 e. The van der Waals surface area contributed by atoms with Crippen molar-refractivity contribution < 1.29 is 26.9 Å². The summed E-state index contributed by atoms with van der Waals surface area (Å²) in [7, 11) is -2.01. The van der Waals surface area contributed by atoms with Crippen LogP contribution in [-0.2, 0) is 17.5 Å². The molecule has 0 aliphatic heterocycles. The molecule has 0 amide bonds. The van der Waals surface area contributed by atoms with Crippen molar-refractivity contribution in [1.29, 1.82) is 0 Å². The number of halogens is 5. The lowest BCUT2D eigenvalue weighted by Crippen LogP contribution is -2.41. The Morgan fingerprint density at radius 2 is 1.79 bits per heavy atom. The average Bonchev–Trinajstić information content (AvgIpc) is 2.78. The molecule has 10 heteroatoms. The van der Waals surface area contributed by atoms with E-state index in [1.807, 2.05) is 0 Å². The minimum absolute atomic E-state index is 0.00545. The van der Waals surface area contributed by atoms with Crippen molar-refractivity contribution in [2.75, 3.05) is 0 Å². The number of hydrogen-bond donors (Lipinski definition) is 2. The zero-order valence-corrected chi connectivity index (χ0v) is 18.5. The monoisotopic (exact) mass is 486 g/mol. The van der Waals surface area contributed by atoms with Crippen LogP contribution in [0.3, 0.4) is 0 Å². The van der Waals surface area contributed by atoms with Gasteiger partial charge in [0.05, 0.1) is 32.4 Å². The van der Waals surface area contributed by atoms with E-state index in [0.717, 1.165) is 6.07 Å². The molecule has 1 aromatic carbocycles. The van der Waals surface area contributed by atoms with E-state index in [2.05, 4.69) is 20.7 Å². The quantitative estimate of drug-likeness (QED) is 0.586. The highest BCUT2D eigenvalue weighted by atomic mass is 79.9. The molecular formula is C18H23BrF4N2O2S. The zero-order valence-electron chi connectivity index (χ0n) is 16.1. The van der Waals surface area contributed by atoms with Gasteiger partial charge in [0.25, 0.3) is 0 Å². The Balaban J connectivity index is 2.70.